The SMILES string of the molecule is C=N/C(=C\C=C/Cc1ccccc1)n1c2ccccc2c2cc(B(C)c3ccccc3)ccc21. The van der Waals surface area contributed by atoms with E-state index in [1.165, 1.54) is 27.3 Å². The normalized spacial score (nSPS) is 12.0. The Hall–Kier alpha value is -4.11. The lowest BCUT2D eigenvalue weighted by atomic mass is 9.42. The smallest absolute Gasteiger partial charge is 0.206 e. The molecule has 0 aliphatic rings. The molecule has 4 aromatic carbocycles. The van der Waals surface area contributed by atoms with Crippen LogP contribution in [0.3, 0.4) is 0 Å². The number of hydrogen-bond donors (Lipinski definition) is 0. The Bertz CT molecular complexity index is 1490. The molecule has 5 aromatic rings. The molecule has 3 heteroatoms. The summed E-state index contributed by atoms with van der Waals surface area (Å²) in [4.78, 5) is 4.40. The van der Waals surface area contributed by atoms with E-state index in [0.717, 1.165) is 23.3 Å². The van der Waals surface area contributed by atoms with Gasteiger partial charge < -0.3 is 0 Å². The van der Waals surface area contributed by atoms with Crippen LogP contribution in [-0.4, -0.2) is 18.0 Å². The van der Waals surface area contributed by atoms with Crippen LogP contribution in [0, 0.1) is 0 Å². The van der Waals surface area contributed by atoms with Gasteiger partial charge in [0.15, 0.2) is 0 Å². The fourth-order valence-electron chi connectivity index (χ4n) is 4.61. The van der Waals surface area contributed by atoms with E-state index < -0.39 is 0 Å². The topological polar surface area (TPSA) is 17.3 Å². The van der Waals surface area contributed by atoms with Crippen molar-refractivity contribution < 1.29 is 0 Å². The number of aromatic nitrogens is 1. The molecule has 0 saturated carbocycles. The van der Waals surface area contributed by atoms with Crippen LogP contribution in [0.15, 0.2) is 126 Å². The number of nitrogens with zero attached hydrogens (tertiary/aromatic N) is 2. The summed E-state index contributed by atoms with van der Waals surface area (Å²) in [6.45, 7) is 6.47. The molecule has 164 valence electrons. The minimum Gasteiger partial charge on any atom is -0.294 e. The summed E-state index contributed by atoms with van der Waals surface area (Å²) in [5.41, 5.74) is 6.19. The Labute approximate surface area is 201 Å². The molecular formula is C31H27BN2. The third kappa shape index (κ3) is 4.25. The van der Waals surface area contributed by atoms with Gasteiger partial charge in [0.25, 0.3) is 0 Å². The molecule has 0 aliphatic heterocycles. The monoisotopic (exact) mass is 438 g/mol. The van der Waals surface area contributed by atoms with Gasteiger partial charge in [-0.25, -0.2) is 4.99 Å². The van der Waals surface area contributed by atoms with Crippen LogP contribution in [0.25, 0.3) is 27.6 Å². The number of para-hydroxylation sites is 1. The molecule has 0 aliphatic carbocycles. The number of benzene rings is 4. The van der Waals surface area contributed by atoms with Crippen molar-refractivity contribution in [3.05, 3.63) is 127 Å². The van der Waals surface area contributed by atoms with Crippen LogP contribution in [0.5, 0.6) is 0 Å². The van der Waals surface area contributed by atoms with Gasteiger partial charge in [0.05, 0.1) is 11.0 Å². The summed E-state index contributed by atoms with van der Waals surface area (Å²) in [6, 6.07) is 36.5. The zero-order valence-corrected chi connectivity index (χ0v) is 19.4. The summed E-state index contributed by atoms with van der Waals surface area (Å²) in [5, 5.41) is 2.46. The van der Waals surface area contributed by atoms with Gasteiger partial charge in [-0.3, -0.25) is 4.57 Å². The molecule has 0 bridgehead atoms. The van der Waals surface area contributed by atoms with Crippen LogP contribution in [0.2, 0.25) is 6.82 Å². The van der Waals surface area contributed by atoms with Crippen molar-refractivity contribution >= 4 is 52.0 Å². The van der Waals surface area contributed by atoms with Gasteiger partial charge in [0.2, 0.25) is 6.71 Å². The van der Waals surface area contributed by atoms with Crippen LogP contribution in [0.4, 0.5) is 0 Å². The Balaban J connectivity index is 1.56. The van der Waals surface area contributed by atoms with E-state index in [1.54, 1.807) is 0 Å². The van der Waals surface area contributed by atoms with Crippen molar-refractivity contribution in [1.29, 1.82) is 0 Å². The summed E-state index contributed by atoms with van der Waals surface area (Å²) >= 11 is 0. The highest BCUT2D eigenvalue weighted by Crippen LogP contribution is 2.31. The molecule has 1 heterocycles. The van der Waals surface area contributed by atoms with Crippen molar-refractivity contribution in [3.63, 3.8) is 0 Å². The number of fused-ring (bicyclic) bond motifs is 3. The molecule has 0 radical (unpaired) electrons. The summed E-state index contributed by atoms with van der Waals surface area (Å²) in [7, 11) is 0. The maximum Gasteiger partial charge on any atom is 0.206 e. The standard InChI is InChI=1S/C31H27BN2/c1-32(25-16-7-4-8-17-25)26-21-22-30-28(23-26)27-18-10-11-19-29(27)34(30)31(33-2)20-12-9-15-24-13-5-3-6-14-24/h3-14,16-23H,2,15H2,1H3/b12-9-,31-20+. The first-order chi connectivity index (χ1) is 16.8. The third-order valence-electron chi connectivity index (χ3n) is 6.47. The van der Waals surface area contributed by atoms with Crippen LogP contribution < -0.4 is 10.9 Å². The molecule has 0 saturated heterocycles. The minimum atomic E-state index is 0.321. The maximum absolute atomic E-state index is 4.40. The van der Waals surface area contributed by atoms with Crippen molar-refractivity contribution in [3.8, 4) is 0 Å². The first kappa shape index (κ1) is 21.7. The van der Waals surface area contributed by atoms with Crippen molar-refractivity contribution in [2.24, 2.45) is 4.99 Å². The van der Waals surface area contributed by atoms with Crippen molar-refractivity contribution in [2.75, 3.05) is 0 Å². The molecular weight excluding hydrogens is 411 g/mol. The molecule has 0 amide bonds. The predicted molar refractivity (Wildman–Crippen MR) is 150 cm³/mol. The zero-order valence-electron chi connectivity index (χ0n) is 19.4. The first-order valence-corrected chi connectivity index (χ1v) is 11.7. The first-order valence-electron chi connectivity index (χ1n) is 11.7. The van der Waals surface area contributed by atoms with E-state index in [4.69, 9.17) is 0 Å². The second-order valence-electron chi connectivity index (χ2n) is 8.56. The summed E-state index contributed by atoms with van der Waals surface area (Å²) < 4.78 is 2.21. The Morgan fingerprint density at radius 2 is 1.47 bits per heavy atom. The van der Waals surface area contributed by atoms with Gasteiger partial charge in [-0.05, 0) is 36.9 Å². The lowest BCUT2D eigenvalue weighted by molar-refractivity contribution is 1.18. The van der Waals surface area contributed by atoms with E-state index in [9.17, 15) is 0 Å². The van der Waals surface area contributed by atoms with E-state index in [0.29, 0.717) is 6.71 Å². The predicted octanol–water partition coefficient (Wildman–Crippen LogP) is 6.33. The molecule has 0 fully saturated rings. The average Bonchev–Trinajstić information content (AvgIpc) is 3.23. The highest BCUT2D eigenvalue weighted by Gasteiger charge is 2.17. The van der Waals surface area contributed by atoms with E-state index in [-0.39, 0.29) is 0 Å². The largest absolute Gasteiger partial charge is 0.294 e. The van der Waals surface area contributed by atoms with E-state index in [2.05, 4.69) is 132 Å². The molecule has 0 atom stereocenters. The molecule has 0 spiro atoms. The Kier molecular flexibility index (Phi) is 6.26. The van der Waals surface area contributed by atoms with Gasteiger partial charge in [-0.1, -0.05) is 121 Å². The molecule has 5 rings (SSSR count). The van der Waals surface area contributed by atoms with Gasteiger partial charge >= 0.3 is 0 Å². The summed E-state index contributed by atoms with van der Waals surface area (Å²) in [5.74, 6) is 0.819. The summed E-state index contributed by atoms with van der Waals surface area (Å²) in [6.07, 6.45) is 7.16. The quantitative estimate of drug-likeness (QED) is 0.161. The Morgan fingerprint density at radius 3 is 2.24 bits per heavy atom. The second kappa shape index (κ2) is 9.80. The van der Waals surface area contributed by atoms with Gasteiger partial charge in [-0.15, -0.1) is 0 Å². The third-order valence-corrected chi connectivity index (χ3v) is 6.47. The lowest BCUT2D eigenvalue weighted by Gasteiger charge is -2.11. The molecule has 0 unspecified atom stereocenters. The van der Waals surface area contributed by atoms with Crippen molar-refractivity contribution in [1.82, 2.24) is 4.57 Å². The fraction of sp³-hybridized carbons (Fsp3) is 0.0645. The highest BCUT2D eigenvalue weighted by atomic mass is 15.1. The number of rotatable bonds is 7. The molecule has 34 heavy (non-hydrogen) atoms. The number of allylic oxidation sites excluding steroid dienone is 3. The fourth-order valence-corrected chi connectivity index (χ4v) is 4.61. The highest BCUT2D eigenvalue weighted by molar-refractivity contribution is 6.84. The number of aliphatic imine (C=N–C) groups is 1. The number of hydrogen-bond acceptors (Lipinski definition) is 1. The van der Waals surface area contributed by atoms with Crippen LogP contribution in [-0.2, 0) is 6.42 Å². The van der Waals surface area contributed by atoms with Gasteiger partial charge in [0, 0.05) is 10.8 Å². The minimum absolute atomic E-state index is 0.321. The molecule has 0 N–H and O–H groups in total. The average molecular weight is 438 g/mol. The van der Waals surface area contributed by atoms with Crippen molar-refractivity contribution in [2.45, 2.75) is 13.2 Å². The maximum atomic E-state index is 4.40. The molecule has 2 nitrogen and oxygen atoms in total. The van der Waals surface area contributed by atoms with E-state index >= 15 is 0 Å². The molecule has 1 aromatic heterocycles. The van der Waals surface area contributed by atoms with Gasteiger partial charge in [-0.2, -0.15) is 0 Å². The zero-order chi connectivity index (χ0) is 23.3. The van der Waals surface area contributed by atoms with Crippen LogP contribution in [0.1, 0.15) is 5.56 Å². The van der Waals surface area contributed by atoms with Gasteiger partial charge in [0.1, 0.15) is 5.82 Å². The Morgan fingerprint density at radius 1 is 0.794 bits per heavy atom. The second-order valence-corrected chi connectivity index (χ2v) is 8.56. The van der Waals surface area contributed by atoms with E-state index in [1.807, 2.05) is 12.1 Å². The lowest BCUT2D eigenvalue weighted by Crippen LogP contribution is -2.38. The van der Waals surface area contributed by atoms with Crippen LogP contribution >= 0.6 is 0 Å².